The summed E-state index contributed by atoms with van der Waals surface area (Å²) in [5, 5.41) is 3.11. The van der Waals surface area contributed by atoms with E-state index in [4.69, 9.17) is 0 Å². The van der Waals surface area contributed by atoms with Crippen LogP contribution in [0.4, 0.5) is 0 Å². The first kappa shape index (κ1) is 21.3. The molecule has 6 nitrogen and oxygen atoms in total. The van der Waals surface area contributed by atoms with Crippen LogP contribution in [-0.4, -0.2) is 62.3 Å². The fraction of sp³-hybridized carbons (Fsp3) is 0.667. The third-order valence-electron chi connectivity index (χ3n) is 6.36. The molecule has 0 bridgehead atoms. The Morgan fingerprint density at radius 2 is 1.82 bits per heavy atom. The van der Waals surface area contributed by atoms with E-state index in [-0.39, 0.29) is 11.8 Å². The Bertz CT molecular complexity index is 801. The molecule has 2 saturated heterocycles. The van der Waals surface area contributed by atoms with Crippen LogP contribution in [-0.2, 0) is 14.8 Å². The molecule has 0 saturated carbocycles. The number of hydrogen-bond donors (Lipinski definition) is 1. The maximum atomic E-state index is 12.9. The molecule has 2 aliphatic heterocycles. The van der Waals surface area contributed by atoms with Gasteiger partial charge in [-0.3, -0.25) is 9.69 Å². The van der Waals surface area contributed by atoms with E-state index in [1.807, 2.05) is 19.9 Å². The zero-order chi connectivity index (χ0) is 20.3. The highest BCUT2D eigenvalue weighted by Crippen LogP contribution is 2.25. The number of aryl methyl sites for hydroxylation is 2. The Morgan fingerprint density at radius 3 is 2.46 bits per heavy atom. The highest BCUT2D eigenvalue weighted by Gasteiger charge is 2.32. The molecule has 2 heterocycles. The summed E-state index contributed by atoms with van der Waals surface area (Å²) in [5.74, 6) is -0.0196. The van der Waals surface area contributed by atoms with Crippen molar-refractivity contribution >= 4 is 15.9 Å². The predicted molar refractivity (Wildman–Crippen MR) is 111 cm³/mol. The van der Waals surface area contributed by atoms with Crippen molar-refractivity contribution in [2.45, 2.75) is 57.4 Å². The quantitative estimate of drug-likeness (QED) is 0.786. The molecule has 0 spiro atoms. The summed E-state index contributed by atoms with van der Waals surface area (Å²) in [6.07, 6.45) is 3.50. The zero-order valence-electron chi connectivity index (χ0n) is 17.3. The molecule has 1 N–H and O–H groups in total. The highest BCUT2D eigenvalue weighted by atomic mass is 32.2. The molecule has 1 aromatic rings. The molecule has 2 aliphatic rings. The summed E-state index contributed by atoms with van der Waals surface area (Å²) in [6, 6.07) is 5.71. The van der Waals surface area contributed by atoms with Gasteiger partial charge < -0.3 is 5.32 Å². The third-order valence-corrected chi connectivity index (χ3v) is 8.25. The smallest absolute Gasteiger partial charge is 0.243 e. The number of benzene rings is 1. The molecule has 1 unspecified atom stereocenters. The summed E-state index contributed by atoms with van der Waals surface area (Å²) in [4.78, 5) is 15.3. The molecule has 1 aromatic carbocycles. The summed E-state index contributed by atoms with van der Waals surface area (Å²) in [7, 11) is -3.49. The van der Waals surface area contributed by atoms with Crippen LogP contribution in [0.5, 0.6) is 0 Å². The highest BCUT2D eigenvalue weighted by molar-refractivity contribution is 7.89. The van der Waals surface area contributed by atoms with E-state index in [0.717, 1.165) is 30.6 Å². The Hall–Kier alpha value is -1.44. The van der Waals surface area contributed by atoms with Crippen molar-refractivity contribution in [3.05, 3.63) is 29.3 Å². The Kier molecular flexibility index (Phi) is 6.78. The number of likely N-dealkylation sites (tertiary alicyclic amines) is 1. The molecule has 28 heavy (non-hydrogen) atoms. The van der Waals surface area contributed by atoms with Crippen LogP contribution in [0.3, 0.4) is 0 Å². The van der Waals surface area contributed by atoms with E-state index in [9.17, 15) is 13.2 Å². The molecule has 0 radical (unpaired) electrons. The topological polar surface area (TPSA) is 69.7 Å². The van der Waals surface area contributed by atoms with Crippen molar-refractivity contribution in [2.75, 3.05) is 32.7 Å². The summed E-state index contributed by atoms with van der Waals surface area (Å²) < 4.78 is 27.4. The van der Waals surface area contributed by atoms with Gasteiger partial charge in [-0.1, -0.05) is 13.0 Å². The van der Waals surface area contributed by atoms with Gasteiger partial charge in [-0.05, 0) is 75.9 Å². The number of nitrogens with one attached hydrogen (secondary N) is 1. The van der Waals surface area contributed by atoms with Gasteiger partial charge in [0.25, 0.3) is 0 Å². The number of rotatable bonds is 6. The Morgan fingerprint density at radius 1 is 1.11 bits per heavy atom. The van der Waals surface area contributed by atoms with Gasteiger partial charge in [-0.2, -0.15) is 4.31 Å². The number of sulfonamides is 1. The van der Waals surface area contributed by atoms with E-state index in [0.29, 0.717) is 43.4 Å². The van der Waals surface area contributed by atoms with Crippen LogP contribution in [0.15, 0.2) is 23.1 Å². The fourth-order valence-electron chi connectivity index (χ4n) is 4.29. The number of nitrogens with zero attached hydrogens (tertiary/aromatic N) is 2. The van der Waals surface area contributed by atoms with Gasteiger partial charge in [0.1, 0.15) is 0 Å². The first-order chi connectivity index (χ1) is 13.3. The van der Waals surface area contributed by atoms with E-state index < -0.39 is 10.0 Å². The third kappa shape index (κ3) is 4.58. The molecule has 0 aromatic heterocycles. The van der Waals surface area contributed by atoms with E-state index in [1.165, 1.54) is 10.7 Å². The van der Waals surface area contributed by atoms with Crippen LogP contribution in [0.2, 0.25) is 0 Å². The zero-order valence-corrected chi connectivity index (χ0v) is 18.1. The number of carbonyl (C=O) groups is 1. The molecule has 1 amide bonds. The molecule has 0 aliphatic carbocycles. The van der Waals surface area contributed by atoms with E-state index in [1.54, 1.807) is 12.1 Å². The van der Waals surface area contributed by atoms with Crippen molar-refractivity contribution in [1.29, 1.82) is 0 Å². The minimum atomic E-state index is -3.49. The van der Waals surface area contributed by atoms with Crippen LogP contribution >= 0.6 is 0 Å². The average molecular weight is 408 g/mol. The van der Waals surface area contributed by atoms with Crippen LogP contribution in [0.25, 0.3) is 0 Å². The van der Waals surface area contributed by atoms with Crippen molar-refractivity contribution in [3.8, 4) is 0 Å². The molecular formula is C21H33N3O3S. The van der Waals surface area contributed by atoms with Gasteiger partial charge in [0.2, 0.25) is 15.9 Å². The SMILES string of the molecule is CCN1CCCC1CNC(=O)C1CCN(S(=O)(=O)c2ccc(C)c(C)c2)CC1. The van der Waals surface area contributed by atoms with Crippen LogP contribution in [0, 0.1) is 19.8 Å². The lowest BCUT2D eigenvalue weighted by Gasteiger charge is -2.31. The lowest BCUT2D eigenvalue weighted by molar-refractivity contribution is -0.126. The summed E-state index contributed by atoms with van der Waals surface area (Å²) >= 11 is 0. The summed E-state index contributed by atoms with van der Waals surface area (Å²) in [5.41, 5.74) is 2.06. The summed E-state index contributed by atoms with van der Waals surface area (Å²) in [6.45, 7) is 9.70. The fourth-order valence-corrected chi connectivity index (χ4v) is 5.84. The van der Waals surface area contributed by atoms with Crippen molar-refractivity contribution in [2.24, 2.45) is 5.92 Å². The van der Waals surface area contributed by atoms with Crippen LogP contribution < -0.4 is 5.32 Å². The first-order valence-electron chi connectivity index (χ1n) is 10.4. The van der Waals surface area contributed by atoms with Gasteiger partial charge in [0, 0.05) is 31.6 Å². The van der Waals surface area contributed by atoms with Crippen molar-refractivity contribution in [3.63, 3.8) is 0 Å². The second kappa shape index (κ2) is 8.93. The van der Waals surface area contributed by atoms with E-state index in [2.05, 4.69) is 17.1 Å². The largest absolute Gasteiger partial charge is 0.354 e. The number of hydrogen-bond acceptors (Lipinski definition) is 4. The predicted octanol–water partition coefficient (Wildman–Crippen LogP) is 2.30. The molecule has 1 atom stereocenters. The van der Waals surface area contributed by atoms with Gasteiger partial charge in [0.15, 0.2) is 0 Å². The number of piperidine rings is 1. The molecule has 156 valence electrons. The maximum absolute atomic E-state index is 12.9. The second-order valence-electron chi connectivity index (χ2n) is 8.09. The molecule has 3 rings (SSSR count). The van der Waals surface area contributed by atoms with Gasteiger partial charge >= 0.3 is 0 Å². The maximum Gasteiger partial charge on any atom is 0.243 e. The van der Waals surface area contributed by atoms with Crippen molar-refractivity contribution in [1.82, 2.24) is 14.5 Å². The standard InChI is InChI=1S/C21H33N3O3S/c1-4-23-11-5-6-19(23)15-22-21(25)18-9-12-24(13-10-18)28(26,27)20-8-7-16(2)17(3)14-20/h7-8,14,18-19H,4-6,9-13,15H2,1-3H3,(H,22,25). The number of carbonyl (C=O) groups excluding carboxylic acids is 1. The Balaban J connectivity index is 1.53. The number of likely N-dealkylation sites (N-methyl/N-ethyl adjacent to an activating group) is 1. The molecule has 2 fully saturated rings. The lowest BCUT2D eigenvalue weighted by atomic mass is 9.97. The van der Waals surface area contributed by atoms with Crippen LogP contribution in [0.1, 0.15) is 43.7 Å². The lowest BCUT2D eigenvalue weighted by Crippen LogP contribution is -2.45. The van der Waals surface area contributed by atoms with Gasteiger partial charge in [-0.25, -0.2) is 8.42 Å². The van der Waals surface area contributed by atoms with Gasteiger partial charge in [-0.15, -0.1) is 0 Å². The van der Waals surface area contributed by atoms with Crippen molar-refractivity contribution < 1.29 is 13.2 Å². The normalized spacial score (nSPS) is 22.5. The average Bonchev–Trinajstić information content (AvgIpc) is 3.15. The van der Waals surface area contributed by atoms with Gasteiger partial charge in [0.05, 0.1) is 4.90 Å². The minimum absolute atomic E-state index is 0.0752. The minimum Gasteiger partial charge on any atom is -0.354 e. The number of amides is 1. The first-order valence-corrected chi connectivity index (χ1v) is 11.9. The Labute approximate surface area is 169 Å². The molecular weight excluding hydrogens is 374 g/mol. The van der Waals surface area contributed by atoms with E-state index >= 15 is 0 Å². The monoisotopic (exact) mass is 407 g/mol. The second-order valence-corrected chi connectivity index (χ2v) is 10.0. The molecule has 7 heteroatoms.